The Morgan fingerprint density at radius 3 is 2.77 bits per heavy atom. The standard InChI is InChI=1S/C25H27N3O3/c1-18-7-8-20(16-22(18)19-9-11-21(30-2)12-10-19)25(29)27-23-6-5-13-26-24(23)28-14-3-4-15-31-17-28/h5-13,16H,3-4,14-15,17H2,1-2H3,(H,27,29). The monoisotopic (exact) mass is 417 g/mol. The molecule has 6 nitrogen and oxygen atoms in total. The fourth-order valence-corrected chi connectivity index (χ4v) is 3.70. The number of nitrogens with one attached hydrogen (secondary N) is 1. The largest absolute Gasteiger partial charge is 0.497 e. The van der Waals surface area contributed by atoms with E-state index in [0.717, 1.165) is 54.3 Å². The van der Waals surface area contributed by atoms with Crippen LogP contribution in [0.3, 0.4) is 0 Å². The molecular formula is C25H27N3O3. The van der Waals surface area contributed by atoms with Gasteiger partial charge in [0.15, 0.2) is 5.82 Å². The van der Waals surface area contributed by atoms with Gasteiger partial charge < -0.3 is 19.7 Å². The molecule has 1 saturated heterocycles. The zero-order chi connectivity index (χ0) is 21.6. The van der Waals surface area contributed by atoms with Crippen LogP contribution in [0.4, 0.5) is 11.5 Å². The van der Waals surface area contributed by atoms with Crippen LogP contribution in [0.5, 0.6) is 5.75 Å². The summed E-state index contributed by atoms with van der Waals surface area (Å²) in [7, 11) is 1.65. The Balaban J connectivity index is 1.58. The quantitative estimate of drug-likeness (QED) is 0.640. The van der Waals surface area contributed by atoms with Crippen molar-refractivity contribution < 1.29 is 14.3 Å². The maximum absolute atomic E-state index is 13.1. The van der Waals surface area contributed by atoms with Crippen LogP contribution in [0.25, 0.3) is 11.1 Å². The molecule has 0 radical (unpaired) electrons. The number of hydrogen-bond acceptors (Lipinski definition) is 5. The van der Waals surface area contributed by atoms with Gasteiger partial charge in [0.2, 0.25) is 0 Å². The second kappa shape index (κ2) is 9.62. The van der Waals surface area contributed by atoms with E-state index >= 15 is 0 Å². The first-order chi connectivity index (χ1) is 15.2. The number of aryl methyl sites for hydroxylation is 1. The highest BCUT2D eigenvalue weighted by Crippen LogP contribution is 2.28. The number of rotatable bonds is 5. The van der Waals surface area contributed by atoms with Crippen molar-refractivity contribution in [3.05, 3.63) is 71.9 Å². The molecule has 1 aliphatic rings. The molecule has 2 aromatic carbocycles. The minimum absolute atomic E-state index is 0.167. The van der Waals surface area contributed by atoms with Gasteiger partial charge in [-0.25, -0.2) is 4.98 Å². The van der Waals surface area contributed by atoms with Crippen LogP contribution < -0.4 is 15.0 Å². The van der Waals surface area contributed by atoms with Gasteiger partial charge >= 0.3 is 0 Å². The van der Waals surface area contributed by atoms with E-state index in [1.54, 1.807) is 13.3 Å². The number of methoxy groups -OCH3 is 1. The van der Waals surface area contributed by atoms with Crippen LogP contribution >= 0.6 is 0 Å². The molecular weight excluding hydrogens is 390 g/mol. The molecule has 4 rings (SSSR count). The van der Waals surface area contributed by atoms with Gasteiger partial charge in [0, 0.05) is 24.9 Å². The van der Waals surface area contributed by atoms with Crippen molar-refractivity contribution >= 4 is 17.4 Å². The average molecular weight is 418 g/mol. The van der Waals surface area contributed by atoms with Crippen molar-refractivity contribution in [3.63, 3.8) is 0 Å². The highest BCUT2D eigenvalue weighted by Gasteiger charge is 2.17. The number of pyridine rings is 1. The molecule has 0 atom stereocenters. The summed E-state index contributed by atoms with van der Waals surface area (Å²) in [6, 6.07) is 17.3. The van der Waals surface area contributed by atoms with E-state index in [-0.39, 0.29) is 5.91 Å². The van der Waals surface area contributed by atoms with E-state index in [9.17, 15) is 4.79 Å². The van der Waals surface area contributed by atoms with Crippen LogP contribution in [0.1, 0.15) is 28.8 Å². The van der Waals surface area contributed by atoms with Gasteiger partial charge in [-0.15, -0.1) is 0 Å². The van der Waals surface area contributed by atoms with Gasteiger partial charge in [0.25, 0.3) is 5.91 Å². The minimum atomic E-state index is -0.167. The zero-order valence-corrected chi connectivity index (χ0v) is 17.9. The number of anilines is 2. The summed E-state index contributed by atoms with van der Waals surface area (Å²) in [4.78, 5) is 19.7. The maximum atomic E-state index is 13.1. The number of hydrogen-bond donors (Lipinski definition) is 1. The smallest absolute Gasteiger partial charge is 0.255 e. The molecule has 6 heteroatoms. The predicted octanol–water partition coefficient (Wildman–Crippen LogP) is 4.89. The Morgan fingerprint density at radius 1 is 1.13 bits per heavy atom. The predicted molar refractivity (Wildman–Crippen MR) is 123 cm³/mol. The molecule has 2 heterocycles. The average Bonchev–Trinajstić information content (AvgIpc) is 3.09. The summed E-state index contributed by atoms with van der Waals surface area (Å²) in [5.41, 5.74) is 4.44. The number of carbonyl (C=O) groups is 1. The number of ether oxygens (including phenoxy) is 2. The molecule has 1 aliphatic heterocycles. The summed E-state index contributed by atoms with van der Waals surface area (Å²) < 4.78 is 10.9. The maximum Gasteiger partial charge on any atom is 0.255 e. The number of aromatic nitrogens is 1. The third-order valence-electron chi connectivity index (χ3n) is 5.45. The summed E-state index contributed by atoms with van der Waals surface area (Å²) in [5, 5.41) is 3.04. The Labute approximate surface area is 182 Å². The van der Waals surface area contributed by atoms with Crippen LogP contribution in [0.15, 0.2) is 60.8 Å². The topological polar surface area (TPSA) is 63.7 Å². The van der Waals surface area contributed by atoms with E-state index in [1.807, 2.05) is 61.5 Å². The van der Waals surface area contributed by atoms with E-state index in [2.05, 4.69) is 15.2 Å². The van der Waals surface area contributed by atoms with Gasteiger partial charge in [-0.2, -0.15) is 0 Å². The minimum Gasteiger partial charge on any atom is -0.497 e. The van der Waals surface area contributed by atoms with Crippen LogP contribution in [0.2, 0.25) is 0 Å². The molecule has 0 saturated carbocycles. The molecule has 3 aromatic rings. The van der Waals surface area contributed by atoms with Gasteiger partial charge in [0.05, 0.1) is 12.8 Å². The van der Waals surface area contributed by atoms with E-state index in [4.69, 9.17) is 9.47 Å². The zero-order valence-electron chi connectivity index (χ0n) is 17.9. The van der Waals surface area contributed by atoms with Gasteiger partial charge in [0.1, 0.15) is 12.5 Å². The van der Waals surface area contributed by atoms with Crippen molar-refractivity contribution in [2.75, 3.05) is 37.2 Å². The molecule has 1 aromatic heterocycles. The fourth-order valence-electron chi connectivity index (χ4n) is 3.70. The van der Waals surface area contributed by atoms with Crippen molar-refractivity contribution in [3.8, 4) is 16.9 Å². The first kappa shape index (κ1) is 20.9. The normalized spacial score (nSPS) is 14.1. The Morgan fingerprint density at radius 2 is 1.97 bits per heavy atom. The first-order valence-corrected chi connectivity index (χ1v) is 10.5. The number of nitrogens with zero attached hydrogens (tertiary/aromatic N) is 2. The Kier molecular flexibility index (Phi) is 6.48. The molecule has 31 heavy (non-hydrogen) atoms. The Hall–Kier alpha value is -3.38. The van der Waals surface area contributed by atoms with Crippen molar-refractivity contribution in [2.24, 2.45) is 0 Å². The van der Waals surface area contributed by atoms with Crippen LogP contribution in [0, 0.1) is 6.92 Å². The highest BCUT2D eigenvalue weighted by atomic mass is 16.5. The second-order valence-electron chi connectivity index (χ2n) is 7.59. The third-order valence-corrected chi connectivity index (χ3v) is 5.45. The van der Waals surface area contributed by atoms with Crippen LogP contribution in [-0.2, 0) is 4.74 Å². The molecule has 0 aliphatic carbocycles. The molecule has 1 fully saturated rings. The summed E-state index contributed by atoms with van der Waals surface area (Å²) in [6.45, 7) is 4.13. The van der Waals surface area contributed by atoms with Crippen molar-refractivity contribution in [1.82, 2.24) is 4.98 Å². The summed E-state index contributed by atoms with van der Waals surface area (Å²) >= 11 is 0. The van der Waals surface area contributed by atoms with Gasteiger partial charge in [-0.3, -0.25) is 4.79 Å². The lowest BCUT2D eigenvalue weighted by Crippen LogP contribution is -2.27. The van der Waals surface area contributed by atoms with E-state index < -0.39 is 0 Å². The summed E-state index contributed by atoms with van der Waals surface area (Å²) in [6.07, 6.45) is 3.80. The molecule has 0 bridgehead atoms. The fraction of sp³-hybridized carbons (Fsp3) is 0.280. The molecule has 160 valence electrons. The highest BCUT2D eigenvalue weighted by molar-refractivity contribution is 6.06. The lowest BCUT2D eigenvalue weighted by atomic mass is 9.97. The Bertz CT molecular complexity index is 1040. The molecule has 0 unspecified atom stereocenters. The molecule has 1 N–H and O–H groups in total. The summed E-state index contributed by atoms with van der Waals surface area (Å²) in [5.74, 6) is 1.37. The van der Waals surface area contributed by atoms with E-state index in [1.165, 1.54) is 0 Å². The third kappa shape index (κ3) is 4.86. The van der Waals surface area contributed by atoms with Crippen LogP contribution in [-0.4, -0.2) is 37.9 Å². The lowest BCUT2D eigenvalue weighted by molar-refractivity contribution is 0.102. The number of carbonyl (C=O) groups excluding carboxylic acids is 1. The first-order valence-electron chi connectivity index (χ1n) is 10.5. The number of amides is 1. The van der Waals surface area contributed by atoms with E-state index in [0.29, 0.717) is 18.0 Å². The van der Waals surface area contributed by atoms with Crippen molar-refractivity contribution in [1.29, 1.82) is 0 Å². The second-order valence-corrected chi connectivity index (χ2v) is 7.59. The van der Waals surface area contributed by atoms with Crippen molar-refractivity contribution in [2.45, 2.75) is 19.8 Å². The molecule has 1 amide bonds. The van der Waals surface area contributed by atoms with Gasteiger partial charge in [-0.1, -0.05) is 18.2 Å². The molecule has 0 spiro atoms. The number of benzene rings is 2. The van der Waals surface area contributed by atoms with Gasteiger partial charge in [-0.05, 0) is 72.9 Å². The SMILES string of the molecule is COc1ccc(-c2cc(C(=O)Nc3cccnc3N3CCCCOC3)ccc2C)cc1. The lowest BCUT2D eigenvalue weighted by Gasteiger charge is -2.23.